The molecular weight excluding hydrogens is 320 g/mol. The lowest BCUT2D eigenvalue weighted by Gasteiger charge is -2.32. The minimum absolute atomic E-state index is 0.00362. The summed E-state index contributed by atoms with van der Waals surface area (Å²) in [6, 6.07) is 7.13. The summed E-state index contributed by atoms with van der Waals surface area (Å²) in [7, 11) is 0. The van der Waals surface area contributed by atoms with Crippen LogP contribution in [0.4, 0.5) is 10.5 Å². The maximum absolute atomic E-state index is 12.2. The fourth-order valence-corrected chi connectivity index (χ4v) is 2.77. The van der Waals surface area contributed by atoms with Crippen LogP contribution in [-0.4, -0.2) is 55.7 Å². The van der Waals surface area contributed by atoms with Gasteiger partial charge in [-0.1, -0.05) is 12.1 Å². The van der Waals surface area contributed by atoms with E-state index in [0.29, 0.717) is 31.9 Å². The molecule has 2 rings (SSSR count). The van der Waals surface area contributed by atoms with Crippen molar-refractivity contribution in [3.8, 4) is 0 Å². The van der Waals surface area contributed by atoms with E-state index in [0.717, 1.165) is 24.8 Å². The quantitative estimate of drug-likeness (QED) is 0.650. The van der Waals surface area contributed by atoms with Gasteiger partial charge in [-0.2, -0.15) is 0 Å². The maximum atomic E-state index is 12.2. The molecule has 25 heavy (non-hydrogen) atoms. The molecule has 7 nitrogen and oxygen atoms in total. The molecule has 0 bridgehead atoms. The molecule has 1 aromatic rings. The highest BCUT2D eigenvalue weighted by Gasteiger charge is 2.23. The van der Waals surface area contributed by atoms with Gasteiger partial charge in [0, 0.05) is 25.4 Å². The zero-order valence-electron chi connectivity index (χ0n) is 14.8. The first-order chi connectivity index (χ1) is 12.1. The lowest BCUT2D eigenvalue weighted by molar-refractivity contribution is -0.132. The van der Waals surface area contributed by atoms with E-state index in [1.165, 1.54) is 0 Å². The molecule has 1 aromatic carbocycles. The van der Waals surface area contributed by atoms with Crippen LogP contribution in [0.5, 0.6) is 0 Å². The number of aryl methyl sites for hydroxylation is 1. The third-order valence-corrected chi connectivity index (χ3v) is 4.17. The molecule has 1 fully saturated rings. The average Bonchev–Trinajstić information content (AvgIpc) is 2.60. The highest BCUT2D eigenvalue weighted by molar-refractivity contribution is 5.92. The van der Waals surface area contributed by atoms with Crippen molar-refractivity contribution in [3.05, 3.63) is 29.8 Å². The van der Waals surface area contributed by atoms with Gasteiger partial charge in [0.15, 0.2) is 0 Å². The second-order valence-corrected chi connectivity index (χ2v) is 6.27. The molecule has 0 atom stereocenters. The summed E-state index contributed by atoms with van der Waals surface area (Å²) >= 11 is 0. The summed E-state index contributed by atoms with van der Waals surface area (Å²) in [5.41, 5.74) is 7.22. The number of piperidine rings is 1. The van der Waals surface area contributed by atoms with Crippen LogP contribution in [-0.2, 0) is 9.53 Å². The Labute approximate surface area is 148 Å². The van der Waals surface area contributed by atoms with Crippen LogP contribution in [0.15, 0.2) is 24.3 Å². The van der Waals surface area contributed by atoms with Gasteiger partial charge in [-0.05, 0) is 50.4 Å². The van der Waals surface area contributed by atoms with Crippen molar-refractivity contribution in [1.29, 1.82) is 0 Å². The number of hydrogen-bond donors (Lipinski definition) is 3. The Balaban J connectivity index is 1.66. The second-order valence-electron chi connectivity index (χ2n) is 6.27. The van der Waals surface area contributed by atoms with E-state index in [1.807, 2.05) is 31.2 Å². The maximum Gasteiger partial charge on any atom is 0.319 e. The van der Waals surface area contributed by atoms with E-state index in [2.05, 4.69) is 10.6 Å². The molecule has 0 aliphatic carbocycles. The van der Waals surface area contributed by atoms with E-state index in [9.17, 15) is 9.59 Å². The standard InChI is InChI=1S/C18H28N4O3/c1-14-4-2-5-15(12-14)21-18(24)20-13-17(23)22-9-6-16(7-10-22)25-11-3-8-19/h2,4-5,12,16H,3,6-11,13,19H2,1H3,(H2,20,21,24). The highest BCUT2D eigenvalue weighted by Crippen LogP contribution is 2.14. The normalized spacial score (nSPS) is 15.0. The number of carbonyl (C=O) groups excluding carboxylic acids is 2. The molecule has 4 N–H and O–H groups in total. The van der Waals surface area contributed by atoms with Gasteiger partial charge in [0.05, 0.1) is 12.6 Å². The molecular formula is C18H28N4O3. The Bertz CT molecular complexity index is 571. The SMILES string of the molecule is Cc1cccc(NC(=O)NCC(=O)N2CCC(OCCCN)CC2)c1. The van der Waals surface area contributed by atoms with Gasteiger partial charge >= 0.3 is 6.03 Å². The summed E-state index contributed by atoms with van der Waals surface area (Å²) in [4.78, 5) is 25.9. The molecule has 0 saturated carbocycles. The van der Waals surface area contributed by atoms with Crippen LogP contribution in [0.3, 0.4) is 0 Å². The Morgan fingerprint density at radius 3 is 2.76 bits per heavy atom. The van der Waals surface area contributed by atoms with E-state index in [-0.39, 0.29) is 24.6 Å². The van der Waals surface area contributed by atoms with Gasteiger partial charge in [-0.15, -0.1) is 0 Å². The smallest absolute Gasteiger partial charge is 0.319 e. The Morgan fingerprint density at radius 1 is 1.32 bits per heavy atom. The lowest BCUT2D eigenvalue weighted by Crippen LogP contribution is -2.46. The predicted octanol–water partition coefficient (Wildman–Crippen LogP) is 1.47. The number of urea groups is 1. The number of amides is 3. The number of likely N-dealkylation sites (tertiary alicyclic amines) is 1. The zero-order valence-corrected chi connectivity index (χ0v) is 14.8. The van der Waals surface area contributed by atoms with Crippen molar-refractivity contribution in [2.24, 2.45) is 5.73 Å². The number of rotatable bonds is 7. The van der Waals surface area contributed by atoms with Crippen molar-refractivity contribution in [2.45, 2.75) is 32.3 Å². The predicted molar refractivity (Wildman–Crippen MR) is 97.4 cm³/mol. The third kappa shape index (κ3) is 6.72. The second kappa shape index (κ2) is 10.0. The Hall–Kier alpha value is -2.12. The van der Waals surface area contributed by atoms with Crippen LogP contribution >= 0.6 is 0 Å². The van der Waals surface area contributed by atoms with E-state index < -0.39 is 0 Å². The third-order valence-electron chi connectivity index (χ3n) is 4.17. The van der Waals surface area contributed by atoms with Crippen molar-refractivity contribution in [1.82, 2.24) is 10.2 Å². The average molecular weight is 348 g/mol. The van der Waals surface area contributed by atoms with E-state index in [4.69, 9.17) is 10.5 Å². The first-order valence-corrected chi connectivity index (χ1v) is 8.79. The van der Waals surface area contributed by atoms with Crippen LogP contribution < -0.4 is 16.4 Å². The van der Waals surface area contributed by atoms with Gasteiger partial charge in [0.1, 0.15) is 0 Å². The van der Waals surface area contributed by atoms with Gasteiger partial charge < -0.3 is 26.0 Å². The van der Waals surface area contributed by atoms with Crippen molar-refractivity contribution >= 4 is 17.6 Å². The van der Waals surface area contributed by atoms with Gasteiger partial charge in [0.2, 0.25) is 5.91 Å². The van der Waals surface area contributed by atoms with Crippen LogP contribution in [0.25, 0.3) is 0 Å². The summed E-state index contributed by atoms with van der Waals surface area (Å²) < 4.78 is 5.73. The van der Waals surface area contributed by atoms with Gasteiger partial charge in [-0.3, -0.25) is 4.79 Å². The minimum Gasteiger partial charge on any atom is -0.378 e. The fraction of sp³-hybridized carbons (Fsp3) is 0.556. The lowest BCUT2D eigenvalue weighted by atomic mass is 10.1. The summed E-state index contributed by atoms with van der Waals surface area (Å²) in [6.45, 7) is 4.58. The first-order valence-electron chi connectivity index (χ1n) is 8.79. The van der Waals surface area contributed by atoms with E-state index >= 15 is 0 Å². The minimum atomic E-state index is -0.376. The molecule has 0 unspecified atom stereocenters. The monoisotopic (exact) mass is 348 g/mol. The number of anilines is 1. The van der Waals surface area contributed by atoms with E-state index in [1.54, 1.807) is 4.90 Å². The molecule has 138 valence electrons. The molecule has 0 aromatic heterocycles. The molecule has 1 heterocycles. The first kappa shape index (κ1) is 19.2. The Kier molecular flexibility index (Phi) is 7.69. The topological polar surface area (TPSA) is 96.7 Å². The van der Waals surface area contributed by atoms with Gasteiger partial charge in [-0.25, -0.2) is 4.79 Å². The number of nitrogens with two attached hydrogens (primary N) is 1. The summed E-state index contributed by atoms with van der Waals surface area (Å²) in [6.07, 6.45) is 2.71. The molecule has 1 aliphatic heterocycles. The van der Waals surface area contributed by atoms with Crippen molar-refractivity contribution in [2.75, 3.05) is 38.1 Å². The fourth-order valence-electron chi connectivity index (χ4n) is 2.77. The molecule has 1 aliphatic rings. The number of ether oxygens (including phenoxy) is 1. The molecule has 3 amide bonds. The number of carbonyl (C=O) groups is 2. The van der Waals surface area contributed by atoms with Crippen LogP contribution in [0.2, 0.25) is 0 Å². The summed E-state index contributed by atoms with van der Waals surface area (Å²) in [5.74, 6) is -0.0696. The summed E-state index contributed by atoms with van der Waals surface area (Å²) in [5, 5.41) is 5.34. The number of benzene rings is 1. The largest absolute Gasteiger partial charge is 0.378 e. The molecule has 0 spiro atoms. The number of hydrogen-bond acceptors (Lipinski definition) is 4. The molecule has 0 radical (unpaired) electrons. The van der Waals surface area contributed by atoms with Crippen LogP contribution in [0.1, 0.15) is 24.8 Å². The highest BCUT2D eigenvalue weighted by atomic mass is 16.5. The van der Waals surface area contributed by atoms with Gasteiger partial charge in [0.25, 0.3) is 0 Å². The van der Waals surface area contributed by atoms with Crippen molar-refractivity contribution < 1.29 is 14.3 Å². The number of nitrogens with zero attached hydrogens (tertiary/aromatic N) is 1. The molecule has 1 saturated heterocycles. The zero-order chi connectivity index (χ0) is 18.1. The molecule has 7 heteroatoms. The number of nitrogens with one attached hydrogen (secondary N) is 2. The van der Waals surface area contributed by atoms with Crippen molar-refractivity contribution in [3.63, 3.8) is 0 Å². The Morgan fingerprint density at radius 2 is 2.08 bits per heavy atom. The van der Waals surface area contributed by atoms with Crippen LogP contribution in [0, 0.1) is 6.92 Å².